The first kappa shape index (κ1) is 23.3. The van der Waals surface area contributed by atoms with Crippen LogP contribution in [0.4, 0.5) is 10.2 Å². The number of nitrogens with zero attached hydrogens (tertiary/aromatic N) is 5. The third-order valence-corrected chi connectivity index (χ3v) is 7.67. The largest absolute Gasteiger partial charge is 0.476 e. The van der Waals surface area contributed by atoms with Crippen molar-refractivity contribution in [3.63, 3.8) is 0 Å². The monoisotopic (exact) mass is 485 g/mol. The summed E-state index contributed by atoms with van der Waals surface area (Å²) < 4.78 is 16.2. The molecule has 1 aliphatic rings. The Hall–Kier alpha value is -2.90. The van der Waals surface area contributed by atoms with Gasteiger partial charge in [0.05, 0.1) is 11.8 Å². The third kappa shape index (κ3) is 4.75. The highest BCUT2D eigenvalue weighted by molar-refractivity contribution is 8.01. The molecule has 0 saturated carbocycles. The van der Waals surface area contributed by atoms with Crippen LogP contribution in [0.25, 0.3) is 16.3 Å². The molecule has 3 heterocycles. The number of aryl methyl sites for hydroxylation is 1. The number of carboxylic acid groups (broad SMARTS) is 1. The summed E-state index contributed by atoms with van der Waals surface area (Å²) in [5.74, 6) is -0.730. The van der Waals surface area contributed by atoms with Gasteiger partial charge in [-0.25, -0.2) is 9.18 Å². The summed E-state index contributed by atoms with van der Waals surface area (Å²) >= 11 is 3.08. The molecule has 1 saturated heterocycles. The summed E-state index contributed by atoms with van der Waals surface area (Å²) in [5.41, 5.74) is 1.29. The van der Waals surface area contributed by atoms with Crippen LogP contribution in [0.2, 0.25) is 0 Å². The number of thioether (sulfide) groups is 1. The molecule has 4 rings (SSSR count). The van der Waals surface area contributed by atoms with Crippen molar-refractivity contribution in [1.82, 2.24) is 14.8 Å². The molecular formula is C23H24FN5O2S2. The van der Waals surface area contributed by atoms with Crippen LogP contribution < -0.4 is 4.90 Å². The number of aromatic nitrogens is 3. The van der Waals surface area contributed by atoms with Crippen molar-refractivity contribution in [3.8, 4) is 22.3 Å². The minimum absolute atomic E-state index is 0.0392. The Morgan fingerprint density at radius 2 is 2.09 bits per heavy atom. The van der Waals surface area contributed by atoms with Crippen LogP contribution in [0.5, 0.6) is 0 Å². The van der Waals surface area contributed by atoms with E-state index >= 15 is 0 Å². The Labute approximate surface area is 199 Å². The molecule has 33 heavy (non-hydrogen) atoms. The molecule has 10 heteroatoms. The van der Waals surface area contributed by atoms with Gasteiger partial charge in [-0.15, -0.1) is 11.8 Å². The predicted octanol–water partition coefficient (Wildman–Crippen LogP) is 5.38. The van der Waals surface area contributed by atoms with Crippen molar-refractivity contribution in [2.75, 3.05) is 18.0 Å². The molecule has 0 unspecified atom stereocenters. The van der Waals surface area contributed by atoms with Crippen LogP contribution in [-0.2, 0) is 0 Å². The number of rotatable bonds is 6. The minimum atomic E-state index is -1.15. The van der Waals surface area contributed by atoms with Gasteiger partial charge in [-0.1, -0.05) is 37.3 Å². The first-order chi connectivity index (χ1) is 15.8. The van der Waals surface area contributed by atoms with Gasteiger partial charge in [0.2, 0.25) is 5.13 Å². The lowest BCUT2D eigenvalue weighted by Crippen LogP contribution is -2.33. The van der Waals surface area contributed by atoms with Crippen molar-refractivity contribution in [2.24, 2.45) is 5.92 Å². The Bertz CT molecular complexity index is 1220. The molecule has 0 bridgehead atoms. The predicted molar refractivity (Wildman–Crippen MR) is 128 cm³/mol. The van der Waals surface area contributed by atoms with Gasteiger partial charge in [0.25, 0.3) is 0 Å². The molecule has 1 N–H and O–H groups in total. The number of hydrogen-bond donors (Lipinski definition) is 1. The number of carboxylic acids is 1. The number of carbonyl (C=O) groups is 1. The van der Waals surface area contributed by atoms with Crippen molar-refractivity contribution >= 4 is 34.9 Å². The lowest BCUT2D eigenvalue weighted by atomic mass is 9.99. The number of anilines is 1. The van der Waals surface area contributed by atoms with E-state index in [0.717, 1.165) is 36.0 Å². The normalized spacial score (nSPS) is 14.6. The number of halogens is 1. The summed E-state index contributed by atoms with van der Waals surface area (Å²) in [6, 6.07) is 8.21. The number of benzene rings is 1. The van der Waals surface area contributed by atoms with Crippen LogP contribution >= 0.6 is 23.1 Å². The number of thiazole rings is 1. The summed E-state index contributed by atoms with van der Waals surface area (Å²) in [5, 5.41) is 24.5. The SMILES string of the molecule is Cc1nn(-c2nc(N3CCC(C#N)CC3)c(SC(C)C)s2)c(C(=O)O)c1-c1cccc(F)c1. The minimum Gasteiger partial charge on any atom is -0.476 e. The maximum Gasteiger partial charge on any atom is 0.355 e. The zero-order valence-electron chi connectivity index (χ0n) is 18.6. The van der Waals surface area contributed by atoms with Gasteiger partial charge < -0.3 is 10.0 Å². The van der Waals surface area contributed by atoms with Crippen LogP contribution in [0.3, 0.4) is 0 Å². The van der Waals surface area contributed by atoms with Crippen molar-refractivity contribution in [1.29, 1.82) is 5.26 Å². The summed E-state index contributed by atoms with van der Waals surface area (Å²) in [6.07, 6.45) is 1.56. The van der Waals surface area contributed by atoms with Crippen LogP contribution in [0, 0.1) is 30.0 Å². The van der Waals surface area contributed by atoms with Gasteiger partial charge in [0.15, 0.2) is 11.5 Å². The zero-order chi connectivity index (χ0) is 23.7. The maximum absolute atomic E-state index is 13.9. The molecule has 0 radical (unpaired) electrons. The number of aromatic carboxylic acids is 1. The third-order valence-electron chi connectivity index (χ3n) is 5.45. The van der Waals surface area contributed by atoms with Gasteiger partial charge in [0.1, 0.15) is 10.0 Å². The number of hydrogen-bond acceptors (Lipinski definition) is 7. The average Bonchev–Trinajstić information content (AvgIpc) is 3.34. The molecule has 3 aromatic rings. The topological polar surface area (TPSA) is 95.0 Å². The van der Waals surface area contributed by atoms with Gasteiger partial charge in [0, 0.05) is 29.8 Å². The highest BCUT2D eigenvalue weighted by Gasteiger charge is 2.29. The number of nitriles is 1. The summed E-state index contributed by atoms with van der Waals surface area (Å²) in [6.45, 7) is 7.36. The maximum atomic E-state index is 13.9. The zero-order valence-corrected chi connectivity index (χ0v) is 20.2. The van der Waals surface area contributed by atoms with Gasteiger partial charge in [-0.2, -0.15) is 20.0 Å². The molecule has 1 aliphatic heterocycles. The Morgan fingerprint density at radius 1 is 1.36 bits per heavy atom. The molecule has 2 aromatic heterocycles. The second kappa shape index (κ2) is 9.53. The molecule has 0 aliphatic carbocycles. The van der Waals surface area contributed by atoms with E-state index in [9.17, 15) is 19.6 Å². The van der Waals surface area contributed by atoms with Crippen LogP contribution in [-0.4, -0.2) is 44.2 Å². The lowest BCUT2D eigenvalue weighted by molar-refractivity contribution is 0.0688. The van der Waals surface area contributed by atoms with E-state index in [1.807, 2.05) is 0 Å². The second-order valence-corrected chi connectivity index (χ2v) is 11.0. The van der Waals surface area contributed by atoms with E-state index in [0.29, 0.717) is 27.2 Å². The molecule has 7 nitrogen and oxygen atoms in total. The lowest BCUT2D eigenvalue weighted by Gasteiger charge is -2.30. The molecule has 1 aromatic carbocycles. The van der Waals surface area contributed by atoms with Gasteiger partial charge in [-0.05, 0) is 37.5 Å². The number of piperidine rings is 1. The molecule has 0 atom stereocenters. The molecular weight excluding hydrogens is 461 g/mol. The molecule has 0 amide bonds. The standard InChI is InChI=1S/C23H24FN5O2S2/c1-13(2)32-22-20(28-9-7-15(12-25)8-10-28)26-23(33-22)29-19(21(30)31)18(14(3)27-29)16-5-4-6-17(24)11-16/h4-6,11,13,15H,7-10H2,1-3H3,(H,30,31). The fraction of sp³-hybridized carbons (Fsp3) is 0.391. The van der Waals surface area contributed by atoms with Crippen molar-refractivity contribution < 1.29 is 14.3 Å². The van der Waals surface area contributed by atoms with Crippen molar-refractivity contribution in [2.45, 2.75) is 43.1 Å². The van der Waals surface area contributed by atoms with Gasteiger partial charge >= 0.3 is 5.97 Å². The average molecular weight is 486 g/mol. The Kier molecular flexibility index (Phi) is 6.72. The van der Waals surface area contributed by atoms with E-state index in [-0.39, 0.29) is 11.6 Å². The second-order valence-electron chi connectivity index (χ2n) is 8.20. The van der Waals surface area contributed by atoms with Crippen molar-refractivity contribution in [3.05, 3.63) is 41.5 Å². The molecule has 0 spiro atoms. The highest BCUT2D eigenvalue weighted by Crippen LogP contribution is 2.41. The first-order valence-electron chi connectivity index (χ1n) is 10.7. The quantitative estimate of drug-likeness (QED) is 0.468. The summed E-state index contributed by atoms with van der Waals surface area (Å²) in [7, 11) is 0. The summed E-state index contributed by atoms with van der Waals surface area (Å²) in [4.78, 5) is 19.3. The smallest absolute Gasteiger partial charge is 0.355 e. The van der Waals surface area contributed by atoms with Crippen LogP contribution in [0.1, 0.15) is 42.9 Å². The fourth-order valence-electron chi connectivity index (χ4n) is 3.94. The Balaban J connectivity index is 1.81. The highest BCUT2D eigenvalue weighted by atomic mass is 32.2. The van der Waals surface area contributed by atoms with E-state index in [2.05, 4.69) is 29.9 Å². The fourth-order valence-corrected chi connectivity index (χ4v) is 6.43. The Morgan fingerprint density at radius 3 is 2.70 bits per heavy atom. The van der Waals surface area contributed by atoms with E-state index in [4.69, 9.17) is 4.98 Å². The van der Waals surface area contributed by atoms with E-state index < -0.39 is 11.8 Å². The van der Waals surface area contributed by atoms with E-state index in [1.165, 1.54) is 28.2 Å². The van der Waals surface area contributed by atoms with Crippen LogP contribution in [0.15, 0.2) is 28.5 Å². The molecule has 172 valence electrons. The van der Waals surface area contributed by atoms with E-state index in [1.54, 1.807) is 30.8 Å². The first-order valence-corrected chi connectivity index (χ1v) is 12.4. The van der Waals surface area contributed by atoms with Gasteiger partial charge in [-0.3, -0.25) is 0 Å². The molecule has 1 fully saturated rings.